The third-order valence-corrected chi connectivity index (χ3v) is 5.96. The van der Waals surface area contributed by atoms with Gasteiger partial charge in [-0.3, -0.25) is 0 Å². The highest BCUT2D eigenvalue weighted by molar-refractivity contribution is 8.00. The van der Waals surface area contributed by atoms with Crippen LogP contribution in [0.1, 0.15) is 16.7 Å². The topological polar surface area (TPSA) is 50.7 Å². The van der Waals surface area contributed by atoms with Gasteiger partial charge in [0.15, 0.2) is 4.34 Å². The van der Waals surface area contributed by atoms with Gasteiger partial charge in [-0.2, -0.15) is 0 Å². The minimum atomic E-state index is 0.562. The Morgan fingerprint density at radius 3 is 2.82 bits per heavy atom. The molecule has 0 bridgehead atoms. The number of nitrogens with one attached hydrogen (secondary N) is 1. The van der Waals surface area contributed by atoms with E-state index >= 15 is 0 Å². The first-order chi connectivity index (χ1) is 10.6. The number of nitrogens with zero attached hydrogens (tertiary/aromatic N) is 3. The molecule has 0 aliphatic heterocycles. The Kier molecular flexibility index (Phi) is 4.52. The van der Waals surface area contributed by atoms with Gasteiger partial charge in [-0.25, -0.2) is 4.98 Å². The molecule has 2 heterocycles. The van der Waals surface area contributed by atoms with Gasteiger partial charge in [-0.05, 0) is 31.0 Å². The average molecular weight is 351 g/mol. The molecular weight excluding hydrogens is 336 g/mol. The second-order valence-electron chi connectivity index (χ2n) is 4.93. The summed E-state index contributed by atoms with van der Waals surface area (Å²) in [6.07, 6.45) is 0. The van der Waals surface area contributed by atoms with Crippen molar-refractivity contribution in [3.05, 3.63) is 40.0 Å². The first-order valence-electron chi connectivity index (χ1n) is 6.78. The molecule has 114 valence electrons. The van der Waals surface area contributed by atoms with Crippen LogP contribution in [-0.2, 0) is 5.75 Å². The Balaban J connectivity index is 1.87. The van der Waals surface area contributed by atoms with Crippen LogP contribution in [0.25, 0.3) is 10.9 Å². The van der Waals surface area contributed by atoms with Gasteiger partial charge >= 0.3 is 0 Å². The number of halogens is 1. The van der Waals surface area contributed by atoms with E-state index in [1.54, 1.807) is 11.8 Å². The van der Waals surface area contributed by atoms with E-state index in [0.717, 1.165) is 31.7 Å². The summed E-state index contributed by atoms with van der Waals surface area (Å²) < 4.78 is 0.917. The molecule has 0 atom stereocenters. The second-order valence-corrected chi connectivity index (χ2v) is 7.49. The zero-order valence-electron chi connectivity index (χ0n) is 12.5. The van der Waals surface area contributed by atoms with Gasteiger partial charge in [0.25, 0.3) is 0 Å². The molecule has 0 unspecified atom stereocenters. The van der Waals surface area contributed by atoms with E-state index in [-0.39, 0.29) is 0 Å². The van der Waals surface area contributed by atoms with E-state index in [2.05, 4.69) is 52.5 Å². The van der Waals surface area contributed by atoms with Gasteiger partial charge in [0, 0.05) is 23.8 Å². The Morgan fingerprint density at radius 1 is 1.27 bits per heavy atom. The van der Waals surface area contributed by atoms with Crippen LogP contribution in [0.15, 0.2) is 22.5 Å². The maximum absolute atomic E-state index is 6.36. The van der Waals surface area contributed by atoms with E-state index in [0.29, 0.717) is 5.15 Å². The Bertz CT molecular complexity index is 832. The molecule has 2 aromatic heterocycles. The number of benzene rings is 1. The number of aromatic nitrogens is 3. The molecule has 0 aliphatic rings. The molecule has 3 aromatic rings. The number of aryl methyl sites for hydroxylation is 2. The lowest BCUT2D eigenvalue weighted by Gasteiger charge is -2.08. The van der Waals surface area contributed by atoms with Crippen LogP contribution in [0.4, 0.5) is 5.13 Å². The maximum atomic E-state index is 6.36. The highest BCUT2D eigenvalue weighted by Gasteiger charge is 2.10. The second kappa shape index (κ2) is 6.40. The van der Waals surface area contributed by atoms with Gasteiger partial charge < -0.3 is 5.32 Å². The van der Waals surface area contributed by atoms with Crippen LogP contribution < -0.4 is 5.32 Å². The Labute approximate surface area is 142 Å². The quantitative estimate of drug-likeness (QED) is 0.546. The van der Waals surface area contributed by atoms with Crippen LogP contribution in [0.2, 0.25) is 5.15 Å². The summed E-state index contributed by atoms with van der Waals surface area (Å²) in [7, 11) is 1.84. The molecule has 22 heavy (non-hydrogen) atoms. The molecule has 7 heteroatoms. The predicted octanol–water partition coefficient (Wildman–Crippen LogP) is 4.69. The Hall–Kier alpha value is -1.37. The number of thioether (sulfide) groups is 1. The smallest absolute Gasteiger partial charge is 0.206 e. The number of hydrogen-bond acceptors (Lipinski definition) is 6. The van der Waals surface area contributed by atoms with Gasteiger partial charge in [-0.15, -0.1) is 10.2 Å². The standard InChI is InChI=1S/C15H15ClN4S2/c1-8-4-5-10-6-11(13(16)18-12(10)9(8)2)7-21-15-20-19-14(17-3)22-15/h4-6H,7H2,1-3H3,(H,17,19). The monoisotopic (exact) mass is 350 g/mol. The summed E-state index contributed by atoms with van der Waals surface area (Å²) in [5.74, 6) is 0.729. The molecule has 0 aliphatic carbocycles. The van der Waals surface area contributed by atoms with E-state index in [4.69, 9.17) is 11.6 Å². The van der Waals surface area contributed by atoms with Gasteiger partial charge in [0.1, 0.15) is 5.15 Å². The fraction of sp³-hybridized carbons (Fsp3) is 0.267. The van der Waals surface area contributed by atoms with Gasteiger partial charge in [0.05, 0.1) is 5.52 Å². The normalized spacial score (nSPS) is 11.1. The number of rotatable bonds is 4. The van der Waals surface area contributed by atoms with Gasteiger partial charge in [-0.1, -0.05) is 46.8 Å². The van der Waals surface area contributed by atoms with Crippen LogP contribution in [-0.4, -0.2) is 22.2 Å². The summed E-state index contributed by atoms with van der Waals surface area (Å²) in [6, 6.07) is 6.33. The number of fused-ring (bicyclic) bond motifs is 1. The van der Waals surface area contributed by atoms with Gasteiger partial charge in [0.2, 0.25) is 5.13 Å². The zero-order chi connectivity index (χ0) is 15.7. The van der Waals surface area contributed by atoms with E-state index in [9.17, 15) is 0 Å². The van der Waals surface area contributed by atoms with Crippen LogP contribution >= 0.6 is 34.7 Å². The first-order valence-corrected chi connectivity index (χ1v) is 8.96. The molecule has 3 rings (SSSR count). The molecule has 0 fully saturated rings. The van der Waals surface area contributed by atoms with Crippen molar-refractivity contribution in [2.24, 2.45) is 0 Å². The van der Waals surface area contributed by atoms with Crippen molar-refractivity contribution in [1.82, 2.24) is 15.2 Å². The van der Waals surface area contributed by atoms with Crippen LogP contribution in [0.3, 0.4) is 0 Å². The summed E-state index contributed by atoms with van der Waals surface area (Å²) in [5, 5.41) is 13.6. The molecule has 0 radical (unpaired) electrons. The van der Waals surface area contributed by atoms with Crippen molar-refractivity contribution in [3.8, 4) is 0 Å². The molecule has 0 saturated heterocycles. The molecule has 0 amide bonds. The van der Waals surface area contributed by atoms with Crippen molar-refractivity contribution in [1.29, 1.82) is 0 Å². The largest absolute Gasteiger partial charge is 0.363 e. The van der Waals surface area contributed by atoms with Crippen molar-refractivity contribution in [2.45, 2.75) is 23.9 Å². The fourth-order valence-electron chi connectivity index (χ4n) is 2.11. The highest BCUT2D eigenvalue weighted by atomic mass is 35.5. The van der Waals surface area contributed by atoms with Crippen molar-refractivity contribution < 1.29 is 0 Å². The lowest BCUT2D eigenvalue weighted by molar-refractivity contribution is 1.01. The summed E-state index contributed by atoms with van der Waals surface area (Å²) in [6.45, 7) is 4.17. The predicted molar refractivity (Wildman–Crippen MR) is 95.2 cm³/mol. The molecule has 0 saturated carbocycles. The number of hydrogen-bond donors (Lipinski definition) is 1. The number of pyridine rings is 1. The molecule has 1 N–H and O–H groups in total. The fourth-order valence-corrected chi connectivity index (χ4v) is 4.08. The zero-order valence-corrected chi connectivity index (χ0v) is 14.9. The first kappa shape index (κ1) is 15.5. The SMILES string of the molecule is CNc1nnc(SCc2cc3ccc(C)c(C)c3nc2Cl)s1. The van der Waals surface area contributed by atoms with Crippen LogP contribution in [0.5, 0.6) is 0 Å². The summed E-state index contributed by atoms with van der Waals surface area (Å²) in [4.78, 5) is 4.58. The number of anilines is 1. The minimum Gasteiger partial charge on any atom is -0.363 e. The van der Waals surface area contributed by atoms with Crippen molar-refractivity contribution in [2.75, 3.05) is 12.4 Å². The molecular formula is C15H15ClN4S2. The molecule has 0 spiro atoms. The maximum Gasteiger partial charge on any atom is 0.206 e. The summed E-state index contributed by atoms with van der Waals surface area (Å²) >= 11 is 9.51. The van der Waals surface area contributed by atoms with E-state index in [1.165, 1.54) is 22.5 Å². The lowest BCUT2D eigenvalue weighted by Crippen LogP contribution is -1.92. The lowest BCUT2D eigenvalue weighted by atomic mass is 10.0. The van der Waals surface area contributed by atoms with Crippen molar-refractivity contribution in [3.63, 3.8) is 0 Å². The Morgan fingerprint density at radius 2 is 2.09 bits per heavy atom. The summed E-state index contributed by atoms with van der Waals surface area (Å²) in [5.41, 5.74) is 4.41. The minimum absolute atomic E-state index is 0.562. The van der Waals surface area contributed by atoms with E-state index < -0.39 is 0 Å². The van der Waals surface area contributed by atoms with Crippen LogP contribution in [0, 0.1) is 13.8 Å². The third-order valence-electron chi connectivity index (χ3n) is 3.51. The van der Waals surface area contributed by atoms with Crippen molar-refractivity contribution >= 4 is 50.7 Å². The molecule has 1 aromatic carbocycles. The average Bonchev–Trinajstić information content (AvgIpc) is 2.98. The van der Waals surface area contributed by atoms with E-state index in [1.807, 2.05) is 7.05 Å². The third kappa shape index (κ3) is 3.04. The molecule has 4 nitrogen and oxygen atoms in total. The highest BCUT2D eigenvalue weighted by Crippen LogP contribution is 2.32.